The topological polar surface area (TPSA) is 92.9 Å². The summed E-state index contributed by atoms with van der Waals surface area (Å²) in [5.41, 5.74) is -0.209. The number of phenolic OH excluding ortho intramolecular Hbond substituents is 1. The minimum atomic E-state index is -0.682. The Morgan fingerprint density at radius 2 is 2.12 bits per heavy atom. The lowest BCUT2D eigenvalue weighted by Gasteiger charge is -2.57. The highest BCUT2D eigenvalue weighted by atomic mass is 16.6. The second kappa shape index (κ2) is 6.63. The zero-order valence-electron chi connectivity index (χ0n) is 14.6. The Balaban J connectivity index is 1.81. The Morgan fingerprint density at radius 3 is 2.72 bits per heavy atom. The number of aromatic hydroxyl groups is 1. The Morgan fingerprint density at radius 1 is 1.44 bits per heavy atom. The summed E-state index contributed by atoms with van der Waals surface area (Å²) in [5, 5.41) is 20.6. The number of amides is 1. The van der Waals surface area contributed by atoms with Gasteiger partial charge in [0.1, 0.15) is 0 Å². The Labute approximate surface area is 146 Å². The molecule has 136 valence electrons. The minimum Gasteiger partial charge on any atom is -0.502 e. The van der Waals surface area contributed by atoms with Gasteiger partial charge in [0, 0.05) is 36.7 Å². The SMILES string of the molecule is CCO[C@@H]1C[C@@H](N(C)C(=O)c2ccc(O)c([N+](=O)[O-])c2)C12CCCC2. The Kier molecular flexibility index (Phi) is 4.69. The number of nitrogens with zero attached hydrogens (tertiary/aromatic N) is 2. The van der Waals surface area contributed by atoms with E-state index >= 15 is 0 Å². The number of phenols is 1. The summed E-state index contributed by atoms with van der Waals surface area (Å²) in [5.74, 6) is -0.689. The average molecular weight is 348 g/mol. The van der Waals surface area contributed by atoms with Crippen LogP contribution in [-0.4, -0.2) is 46.6 Å². The van der Waals surface area contributed by atoms with Crippen molar-refractivity contribution in [2.75, 3.05) is 13.7 Å². The fourth-order valence-corrected chi connectivity index (χ4v) is 4.54. The van der Waals surface area contributed by atoms with Gasteiger partial charge in [0.15, 0.2) is 5.75 Å². The molecule has 7 nitrogen and oxygen atoms in total. The summed E-state index contributed by atoms with van der Waals surface area (Å²) < 4.78 is 5.89. The van der Waals surface area contributed by atoms with Crippen LogP contribution >= 0.6 is 0 Å². The third-order valence-corrected chi connectivity index (χ3v) is 5.85. The van der Waals surface area contributed by atoms with E-state index in [1.54, 1.807) is 11.9 Å². The van der Waals surface area contributed by atoms with Crippen LogP contribution in [-0.2, 0) is 4.74 Å². The van der Waals surface area contributed by atoms with E-state index in [1.807, 2.05) is 6.92 Å². The molecule has 0 aliphatic heterocycles. The number of hydrogen-bond donors (Lipinski definition) is 1. The molecule has 2 saturated carbocycles. The molecule has 25 heavy (non-hydrogen) atoms. The number of nitro benzene ring substituents is 1. The third-order valence-electron chi connectivity index (χ3n) is 5.85. The quantitative estimate of drug-likeness (QED) is 0.652. The van der Waals surface area contributed by atoms with E-state index < -0.39 is 16.4 Å². The van der Waals surface area contributed by atoms with E-state index in [9.17, 15) is 20.0 Å². The molecule has 2 atom stereocenters. The van der Waals surface area contributed by atoms with E-state index in [1.165, 1.54) is 12.1 Å². The standard InChI is InChI=1S/C18H24N2O5/c1-3-25-16-11-15(18(16)8-4-5-9-18)19(2)17(22)12-6-7-14(21)13(10-12)20(23)24/h6-7,10,15-16,21H,3-5,8-9,11H2,1-2H3/t15-,16-/m1/s1. The largest absolute Gasteiger partial charge is 0.502 e. The second-order valence-electron chi connectivity index (χ2n) is 7.01. The number of rotatable bonds is 5. The number of benzene rings is 1. The highest BCUT2D eigenvalue weighted by Crippen LogP contribution is 2.56. The van der Waals surface area contributed by atoms with Crippen LogP contribution in [0.25, 0.3) is 0 Å². The summed E-state index contributed by atoms with van der Waals surface area (Å²) in [6, 6.07) is 3.87. The van der Waals surface area contributed by atoms with Gasteiger partial charge in [-0.15, -0.1) is 0 Å². The third kappa shape index (κ3) is 2.86. The van der Waals surface area contributed by atoms with Gasteiger partial charge in [0.2, 0.25) is 0 Å². The Bertz CT molecular complexity index is 684. The number of carbonyl (C=O) groups is 1. The van der Waals surface area contributed by atoms with Crippen molar-refractivity contribution < 1.29 is 19.6 Å². The van der Waals surface area contributed by atoms with Crippen molar-refractivity contribution in [2.24, 2.45) is 5.41 Å². The van der Waals surface area contributed by atoms with Crippen molar-refractivity contribution in [3.63, 3.8) is 0 Å². The van der Waals surface area contributed by atoms with Gasteiger partial charge in [0.25, 0.3) is 5.91 Å². The fraction of sp³-hybridized carbons (Fsp3) is 0.611. The van der Waals surface area contributed by atoms with E-state index in [0.717, 1.165) is 38.2 Å². The lowest BCUT2D eigenvalue weighted by atomic mass is 9.60. The molecular weight excluding hydrogens is 324 g/mol. The number of hydrogen-bond acceptors (Lipinski definition) is 5. The van der Waals surface area contributed by atoms with Gasteiger partial charge in [-0.3, -0.25) is 14.9 Å². The van der Waals surface area contributed by atoms with Crippen LogP contribution in [0.15, 0.2) is 18.2 Å². The van der Waals surface area contributed by atoms with E-state index in [-0.39, 0.29) is 29.0 Å². The first-order valence-electron chi connectivity index (χ1n) is 8.77. The monoisotopic (exact) mass is 348 g/mol. The molecule has 1 N–H and O–H groups in total. The van der Waals surface area contributed by atoms with E-state index in [0.29, 0.717) is 6.61 Å². The van der Waals surface area contributed by atoms with Crippen molar-refractivity contribution in [3.05, 3.63) is 33.9 Å². The molecule has 2 aliphatic carbocycles. The predicted molar refractivity (Wildman–Crippen MR) is 91.6 cm³/mol. The maximum atomic E-state index is 12.9. The second-order valence-corrected chi connectivity index (χ2v) is 7.01. The van der Waals surface area contributed by atoms with Gasteiger partial charge in [-0.2, -0.15) is 0 Å². The summed E-state index contributed by atoms with van der Waals surface area (Å²) in [7, 11) is 1.76. The van der Waals surface area contributed by atoms with Crippen LogP contribution in [0.3, 0.4) is 0 Å². The van der Waals surface area contributed by atoms with Crippen LogP contribution in [0.2, 0.25) is 0 Å². The molecule has 1 spiro atoms. The molecule has 0 unspecified atom stereocenters. The first-order valence-corrected chi connectivity index (χ1v) is 8.77. The van der Waals surface area contributed by atoms with Crippen molar-refractivity contribution in [1.82, 2.24) is 4.90 Å². The van der Waals surface area contributed by atoms with Crippen molar-refractivity contribution in [3.8, 4) is 5.75 Å². The fourth-order valence-electron chi connectivity index (χ4n) is 4.54. The van der Waals surface area contributed by atoms with Crippen molar-refractivity contribution in [2.45, 2.75) is 51.2 Å². The first kappa shape index (κ1) is 17.7. The average Bonchev–Trinajstić information content (AvgIpc) is 3.10. The predicted octanol–water partition coefficient (Wildman–Crippen LogP) is 3.11. The van der Waals surface area contributed by atoms with E-state index in [2.05, 4.69) is 0 Å². The molecule has 0 bridgehead atoms. The van der Waals surface area contributed by atoms with Crippen LogP contribution < -0.4 is 0 Å². The van der Waals surface area contributed by atoms with Gasteiger partial charge < -0.3 is 14.7 Å². The molecule has 0 radical (unpaired) electrons. The first-order chi connectivity index (χ1) is 11.9. The summed E-state index contributed by atoms with van der Waals surface area (Å²) >= 11 is 0. The van der Waals surface area contributed by atoms with Crippen molar-refractivity contribution >= 4 is 11.6 Å². The van der Waals surface area contributed by atoms with Crippen LogP contribution in [0.4, 0.5) is 5.69 Å². The highest BCUT2D eigenvalue weighted by molar-refractivity contribution is 5.95. The maximum absolute atomic E-state index is 12.9. The number of ether oxygens (including phenoxy) is 1. The molecule has 1 aromatic rings. The van der Waals surface area contributed by atoms with Gasteiger partial charge in [-0.25, -0.2) is 0 Å². The molecule has 0 saturated heterocycles. The van der Waals surface area contributed by atoms with Crippen LogP contribution in [0.1, 0.15) is 49.4 Å². The smallest absolute Gasteiger partial charge is 0.311 e. The lowest BCUT2D eigenvalue weighted by molar-refractivity contribution is -0.385. The summed E-state index contributed by atoms with van der Waals surface area (Å²) in [6.07, 6.45) is 5.38. The lowest BCUT2D eigenvalue weighted by Crippen LogP contribution is -2.64. The maximum Gasteiger partial charge on any atom is 0.311 e. The summed E-state index contributed by atoms with van der Waals surface area (Å²) in [4.78, 5) is 24.9. The normalized spacial score (nSPS) is 24.1. The molecule has 0 heterocycles. The highest BCUT2D eigenvalue weighted by Gasteiger charge is 2.58. The Hall–Kier alpha value is -2.15. The molecule has 3 rings (SSSR count). The van der Waals surface area contributed by atoms with E-state index in [4.69, 9.17) is 4.74 Å². The van der Waals surface area contributed by atoms with Crippen molar-refractivity contribution in [1.29, 1.82) is 0 Å². The number of carbonyl (C=O) groups excluding carboxylic acids is 1. The zero-order chi connectivity index (χ0) is 18.2. The molecule has 1 aromatic carbocycles. The molecular formula is C18H24N2O5. The van der Waals surface area contributed by atoms with Gasteiger partial charge >= 0.3 is 5.69 Å². The number of nitro groups is 1. The minimum absolute atomic E-state index is 0.0171. The van der Waals surface area contributed by atoms with Gasteiger partial charge in [0.05, 0.1) is 11.0 Å². The van der Waals surface area contributed by atoms with Crippen LogP contribution in [0.5, 0.6) is 5.75 Å². The summed E-state index contributed by atoms with van der Waals surface area (Å²) in [6.45, 7) is 2.65. The van der Waals surface area contributed by atoms with Gasteiger partial charge in [-0.05, 0) is 38.3 Å². The molecule has 2 fully saturated rings. The molecule has 7 heteroatoms. The zero-order valence-corrected chi connectivity index (χ0v) is 14.6. The molecule has 2 aliphatic rings. The van der Waals surface area contributed by atoms with Crippen LogP contribution in [0, 0.1) is 15.5 Å². The molecule has 1 amide bonds. The van der Waals surface area contributed by atoms with Gasteiger partial charge in [-0.1, -0.05) is 12.8 Å². The molecule has 0 aromatic heterocycles.